The molecular weight excluding hydrogens is 414 g/mol. The number of rotatable bonds is 7. The van der Waals surface area contributed by atoms with Gasteiger partial charge in [-0.3, -0.25) is 25.1 Å². The maximum Gasteiger partial charge on any atom is 0.413 e. The van der Waals surface area contributed by atoms with E-state index in [4.69, 9.17) is 15.9 Å². The fourth-order valence-electron chi connectivity index (χ4n) is 2.32. The number of hydrogen-bond acceptors (Lipinski definition) is 9. The molecule has 4 amide bonds. The fraction of sp³-hybridized carbons (Fsp3) is 0.529. The first-order chi connectivity index (χ1) is 13.9. The van der Waals surface area contributed by atoms with Crippen LogP contribution in [-0.2, 0) is 19.1 Å². The average molecular weight is 439 g/mol. The minimum absolute atomic E-state index is 0.0325. The molecule has 3 atom stereocenters. The Hall–Kier alpha value is -3.06. The van der Waals surface area contributed by atoms with Gasteiger partial charge in [0, 0.05) is 11.9 Å². The molecule has 12 nitrogen and oxygen atoms in total. The van der Waals surface area contributed by atoms with Crippen molar-refractivity contribution in [2.24, 2.45) is 5.73 Å². The summed E-state index contributed by atoms with van der Waals surface area (Å²) in [6.45, 7) is 6.75. The smallest absolute Gasteiger partial charge is 0.413 e. The molecule has 30 heavy (non-hydrogen) atoms. The van der Waals surface area contributed by atoms with E-state index < -0.39 is 47.3 Å². The molecule has 13 heteroatoms. The molecular formula is C17H25N7O5S. The molecule has 0 aromatic carbocycles. The summed E-state index contributed by atoms with van der Waals surface area (Å²) in [4.78, 5) is 51.4. The number of aromatic nitrogens is 1. The van der Waals surface area contributed by atoms with Crippen LogP contribution in [0.3, 0.4) is 0 Å². The number of anilines is 1. The molecule has 1 fully saturated rings. The van der Waals surface area contributed by atoms with Crippen LogP contribution in [0.1, 0.15) is 33.4 Å². The maximum absolute atomic E-state index is 12.3. The van der Waals surface area contributed by atoms with Gasteiger partial charge in [-0.05, 0) is 27.7 Å². The monoisotopic (exact) mass is 439 g/mol. The lowest BCUT2D eigenvalue weighted by Gasteiger charge is -2.37. The maximum atomic E-state index is 12.3. The van der Waals surface area contributed by atoms with E-state index in [1.807, 2.05) is 0 Å². The number of hydrogen-bond donors (Lipinski definition) is 6. The summed E-state index contributed by atoms with van der Waals surface area (Å²) in [7, 11) is 0. The molecule has 0 spiro atoms. The van der Waals surface area contributed by atoms with Gasteiger partial charge in [0.05, 0.1) is 12.1 Å². The molecule has 0 aliphatic carbocycles. The van der Waals surface area contributed by atoms with Crippen molar-refractivity contribution in [1.82, 2.24) is 20.9 Å². The largest absolute Gasteiger partial charge is 0.444 e. The third kappa shape index (κ3) is 6.22. The second-order valence-electron chi connectivity index (χ2n) is 7.64. The van der Waals surface area contributed by atoms with Crippen molar-refractivity contribution in [3.05, 3.63) is 11.1 Å². The van der Waals surface area contributed by atoms with Gasteiger partial charge in [0.15, 0.2) is 5.13 Å². The Balaban J connectivity index is 1.90. The van der Waals surface area contributed by atoms with Crippen molar-refractivity contribution in [2.45, 2.75) is 51.4 Å². The van der Waals surface area contributed by atoms with E-state index in [0.29, 0.717) is 0 Å². The lowest BCUT2D eigenvalue weighted by molar-refractivity contribution is -0.135. The third-order valence-corrected chi connectivity index (χ3v) is 4.56. The van der Waals surface area contributed by atoms with Crippen LogP contribution < -0.4 is 27.0 Å². The first-order valence-electron chi connectivity index (χ1n) is 9.06. The Labute approximate surface area is 176 Å². The molecule has 0 bridgehead atoms. The van der Waals surface area contributed by atoms with Gasteiger partial charge in [0.1, 0.15) is 23.0 Å². The summed E-state index contributed by atoms with van der Waals surface area (Å²) in [6, 6.07) is -2.11. The van der Waals surface area contributed by atoms with Crippen LogP contribution in [0.25, 0.3) is 0 Å². The highest BCUT2D eigenvalue weighted by molar-refractivity contribution is 7.14. The summed E-state index contributed by atoms with van der Waals surface area (Å²) >= 11 is 1.02. The van der Waals surface area contributed by atoms with Gasteiger partial charge in [-0.25, -0.2) is 9.78 Å². The standard InChI is InChI=1S/C17H25N7O5S/c1-7(18)12(25)20-5-8-11(14(27)21-8)23-13(26)10(19)9-6-30-15(22-9)24-16(28)29-17(2,3)4/h6-8,11,19H,5,18H2,1-4H3,(H,20,25)(H,21,27)(H,23,26)(H,22,24,28)/t7-,8+,11-/m0/s1. The Morgan fingerprint density at radius 1 is 1.40 bits per heavy atom. The highest BCUT2D eigenvalue weighted by Crippen LogP contribution is 2.18. The lowest BCUT2D eigenvalue weighted by atomic mass is 9.98. The number of amides is 4. The Morgan fingerprint density at radius 2 is 2.07 bits per heavy atom. The van der Waals surface area contributed by atoms with Crippen molar-refractivity contribution in [2.75, 3.05) is 11.9 Å². The number of carbonyl (C=O) groups is 4. The number of β-lactam (4-membered cyclic amide) rings is 1. The van der Waals surface area contributed by atoms with E-state index in [9.17, 15) is 19.2 Å². The highest BCUT2D eigenvalue weighted by Gasteiger charge is 2.41. The van der Waals surface area contributed by atoms with Gasteiger partial charge in [0.2, 0.25) is 11.8 Å². The van der Waals surface area contributed by atoms with E-state index >= 15 is 0 Å². The second-order valence-corrected chi connectivity index (χ2v) is 8.50. The molecule has 0 unspecified atom stereocenters. The summed E-state index contributed by atoms with van der Waals surface area (Å²) in [5.74, 6) is -1.63. The van der Waals surface area contributed by atoms with E-state index in [0.717, 1.165) is 11.3 Å². The Kier molecular flexibility index (Phi) is 7.10. The molecule has 1 aromatic heterocycles. The van der Waals surface area contributed by atoms with E-state index in [1.165, 1.54) is 12.3 Å². The predicted octanol–water partition coefficient (Wildman–Crippen LogP) is -0.695. The lowest BCUT2D eigenvalue weighted by Crippen LogP contribution is -2.72. The van der Waals surface area contributed by atoms with E-state index in [-0.39, 0.29) is 23.3 Å². The van der Waals surface area contributed by atoms with Crippen LogP contribution in [0.15, 0.2) is 5.38 Å². The van der Waals surface area contributed by atoms with Gasteiger partial charge in [-0.2, -0.15) is 0 Å². The van der Waals surface area contributed by atoms with Gasteiger partial charge in [-0.15, -0.1) is 11.3 Å². The third-order valence-electron chi connectivity index (χ3n) is 3.80. The normalized spacial score (nSPS) is 19.0. The van der Waals surface area contributed by atoms with Crippen LogP contribution in [0.4, 0.5) is 9.93 Å². The first-order valence-corrected chi connectivity index (χ1v) is 9.94. The summed E-state index contributed by atoms with van der Waals surface area (Å²) < 4.78 is 5.11. The van der Waals surface area contributed by atoms with Crippen LogP contribution in [0.5, 0.6) is 0 Å². The fourth-order valence-corrected chi connectivity index (χ4v) is 3.00. The molecule has 1 aliphatic rings. The molecule has 1 saturated heterocycles. The molecule has 2 heterocycles. The molecule has 164 valence electrons. The summed E-state index contributed by atoms with van der Waals surface area (Å²) in [5, 5.41) is 19.6. The zero-order valence-electron chi connectivity index (χ0n) is 17.0. The number of thiazole rings is 1. The van der Waals surface area contributed by atoms with Crippen LogP contribution >= 0.6 is 11.3 Å². The average Bonchev–Trinajstić information content (AvgIpc) is 3.08. The van der Waals surface area contributed by atoms with Gasteiger partial charge in [0.25, 0.3) is 5.91 Å². The number of ether oxygens (including phenoxy) is 1. The summed E-state index contributed by atoms with van der Waals surface area (Å²) in [6.07, 6.45) is -0.706. The number of carbonyl (C=O) groups excluding carboxylic acids is 4. The van der Waals surface area contributed by atoms with Crippen molar-refractivity contribution in [1.29, 1.82) is 5.41 Å². The molecule has 0 radical (unpaired) electrons. The molecule has 1 aliphatic heterocycles. The topological polar surface area (TPSA) is 188 Å². The Bertz CT molecular complexity index is 861. The van der Waals surface area contributed by atoms with Crippen molar-refractivity contribution >= 4 is 46.0 Å². The van der Waals surface area contributed by atoms with E-state index in [2.05, 4.69) is 26.3 Å². The molecule has 0 saturated carbocycles. The van der Waals surface area contributed by atoms with Gasteiger partial charge >= 0.3 is 6.09 Å². The second kappa shape index (κ2) is 9.17. The van der Waals surface area contributed by atoms with Gasteiger partial charge < -0.3 is 26.4 Å². The minimum Gasteiger partial charge on any atom is -0.444 e. The molecule has 7 N–H and O–H groups in total. The van der Waals surface area contributed by atoms with Crippen LogP contribution in [0, 0.1) is 5.41 Å². The number of nitrogens with one attached hydrogen (secondary N) is 5. The van der Waals surface area contributed by atoms with Crippen LogP contribution in [0.2, 0.25) is 0 Å². The number of nitrogens with two attached hydrogens (primary N) is 1. The first kappa shape index (κ1) is 23.2. The number of nitrogens with zero attached hydrogens (tertiary/aromatic N) is 1. The van der Waals surface area contributed by atoms with Crippen molar-refractivity contribution in [3.63, 3.8) is 0 Å². The minimum atomic E-state index is -0.899. The van der Waals surface area contributed by atoms with Crippen molar-refractivity contribution < 1.29 is 23.9 Å². The quantitative estimate of drug-likeness (QED) is 0.239. The Morgan fingerprint density at radius 3 is 2.63 bits per heavy atom. The molecule has 1 aromatic rings. The van der Waals surface area contributed by atoms with Crippen LogP contribution in [-0.4, -0.2) is 64.8 Å². The zero-order chi connectivity index (χ0) is 22.6. The highest BCUT2D eigenvalue weighted by atomic mass is 32.1. The van der Waals surface area contributed by atoms with Gasteiger partial charge in [-0.1, -0.05) is 0 Å². The SMILES string of the molecule is C[C@H](N)C(=O)NC[C@H]1NC(=O)[C@H]1NC(=O)C(=N)c1csc(NC(=O)OC(C)(C)C)n1. The molecule has 2 rings (SSSR count). The predicted molar refractivity (Wildman–Crippen MR) is 109 cm³/mol. The zero-order valence-corrected chi connectivity index (χ0v) is 17.8. The van der Waals surface area contributed by atoms with Crippen molar-refractivity contribution in [3.8, 4) is 0 Å². The van der Waals surface area contributed by atoms with E-state index in [1.54, 1.807) is 20.8 Å². The summed E-state index contributed by atoms with van der Waals surface area (Å²) in [5.41, 5.74) is 4.33.